The number of nitrogens with one attached hydrogen (secondary N) is 1. The molecule has 1 aromatic carbocycles. The van der Waals surface area contributed by atoms with E-state index in [0.717, 1.165) is 17.7 Å². The van der Waals surface area contributed by atoms with Crippen LogP contribution in [0.4, 0.5) is 5.69 Å². The Labute approximate surface area is 153 Å². The number of carbonyl (C=O) groups excluding carboxylic acids is 1. The van der Waals surface area contributed by atoms with Crippen LogP contribution in [0.1, 0.15) is 42.8 Å². The van der Waals surface area contributed by atoms with E-state index in [4.69, 9.17) is 4.42 Å². The summed E-state index contributed by atoms with van der Waals surface area (Å²) in [6.07, 6.45) is 2.06. The lowest BCUT2D eigenvalue weighted by Gasteiger charge is -2.20. The first-order chi connectivity index (χ1) is 12.3. The van der Waals surface area contributed by atoms with Gasteiger partial charge >= 0.3 is 0 Å². The number of anilines is 1. The molecule has 0 spiro atoms. The number of sulfonamides is 1. The number of benzene rings is 1. The van der Waals surface area contributed by atoms with E-state index in [2.05, 4.69) is 12.2 Å². The molecule has 2 heterocycles. The van der Waals surface area contributed by atoms with Gasteiger partial charge in [0.25, 0.3) is 0 Å². The molecular formula is C19H22N2O4S. The standard InChI is InChI=1S/C19H22N2O4S/c1-12-9-16(12)18-7-4-14(25-18)11-21(2)26(23,24)15-5-6-17-13(10-15)3-8-19(22)20-17/h4-7,10,12,16H,3,8-9,11H2,1-2H3,(H,20,22)/t12-,16-/m0/s1. The van der Waals surface area contributed by atoms with E-state index in [0.29, 0.717) is 36.1 Å². The molecule has 0 saturated heterocycles. The zero-order chi connectivity index (χ0) is 18.5. The van der Waals surface area contributed by atoms with Crippen LogP contribution in [-0.2, 0) is 27.8 Å². The number of hydrogen-bond acceptors (Lipinski definition) is 4. The molecule has 6 nitrogen and oxygen atoms in total. The van der Waals surface area contributed by atoms with Gasteiger partial charge in [-0.15, -0.1) is 0 Å². The van der Waals surface area contributed by atoms with Crippen molar-refractivity contribution < 1.29 is 17.6 Å². The zero-order valence-corrected chi connectivity index (χ0v) is 15.7. The van der Waals surface area contributed by atoms with Crippen LogP contribution in [0.15, 0.2) is 39.6 Å². The van der Waals surface area contributed by atoms with Crippen molar-refractivity contribution in [2.45, 2.75) is 43.5 Å². The predicted molar refractivity (Wildman–Crippen MR) is 97.3 cm³/mol. The van der Waals surface area contributed by atoms with Crippen molar-refractivity contribution in [2.24, 2.45) is 5.92 Å². The van der Waals surface area contributed by atoms with Gasteiger partial charge in [-0.3, -0.25) is 4.79 Å². The number of hydrogen-bond donors (Lipinski definition) is 1. The Hall–Kier alpha value is -2.12. The summed E-state index contributed by atoms with van der Waals surface area (Å²) in [7, 11) is -2.08. The molecule has 138 valence electrons. The molecule has 1 aromatic heterocycles. The minimum atomic E-state index is -3.63. The van der Waals surface area contributed by atoms with Crippen molar-refractivity contribution in [1.29, 1.82) is 0 Å². The van der Waals surface area contributed by atoms with Gasteiger partial charge in [0.1, 0.15) is 11.5 Å². The van der Waals surface area contributed by atoms with Crippen molar-refractivity contribution in [3.63, 3.8) is 0 Å². The lowest BCUT2D eigenvalue weighted by Crippen LogP contribution is -2.27. The number of fused-ring (bicyclic) bond motifs is 1. The number of amides is 1. The quantitative estimate of drug-likeness (QED) is 0.872. The lowest BCUT2D eigenvalue weighted by molar-refractivity contribution is -0.116. The van der Waals surface area contributed by atoms with E-state index in [-0.39, 0.29) is 17.3 Å². The normalized spacial score (nSPS) is 22.2. The molecule has 1 aliphatic carbocycles. The van der Waals surface area contributed by atoms with E-state index >= 15 is 0 Å². The molecule has 2 aliphatic rings. The van der Waals surface area contributed by atoms with Crippen LogP contribution >= 0.6 is 0 Å². The van der Waals surface area contributed by atoms with Gasteiger partial charge in [0.2, 0.25) is 15.9 Å². The van der Waals surface area contributed by atoms with Crippen LogP contribution in [-0.4, -0.2) is 25.7 Å². The topological polar surface area (TPSA) is 79.6 Å². The van der Waals surface area contributed by atoms with Crippen LogP contribution in [0, 0.1) is 5.92 Å². The molecule has 1 N–H and O–H groups in total. The summed E-state index contributed by atoms with van der Waals surface area (Å²) in [5.74, 6) is 2.68. The summed E-state index contributed by atoms with van der Waals surface area (Å²) in [6.45, 7) is 2.37. The predicted octanol–water partition coefficient (Wildman–Crippen LogP) is 3.11. The molecule has 1 fully saturated rings. The Balaban J connectivity index is 1.52. The average molecular weight is 374 g/mol. The zero-order valence-electron chi connectivity index (χ0n) is 14.9. The van der Waals surface area contributed by atoms with Crippen LogP contribution in [0.25, 0.3) is 0 Å². The first-order valence-corrected chi connectivity index (χ1v) is 10.3. The fourth-order valence-electron chi connectivity index (χ4n) is 3.40. The molecule has 2 aromatic rings. The van der Waals surface area contributed by atoms with Crippen molar-refractivity contribution in [3.8, 4) is 0 Å². The highest BCUT2D eigenvalue weighted by atomic mass is 32.2. The number of carbonyl (C=O) groups is 1. The van der Waals surface area contributed by atoms with Gasteiger partial charge < -0.3 is 9.73 Å². The summed E-state index contributed by atoms with van der Waals surface area (Å²) >= 11 is 0. The lowest BCUT2D eigenvalue weighted by atomic mass is 10.0. The molecule has 0 bridgehead atoms. The molecule has 7 heteroatoms. The van der Waals surface area contributed by atoms with E-state index < -0.39 is 10.0 Å². The molecule has 26 heavy (non-hydrogen) atoms. The van der Waals surface area contributed by atoms with E-state index in [1.807, 2.05) is 12.1 Å². The minimum Gasteiger partial charge on any atom is -0.464 e. The van der Waals surface area contributed by atoms with Gasteiger partial charge in [-0.1, -0.05) is 6.92 Å². The summed E-state index contributed by atoms with van der Waals surface area (Å²) in [5.41, 5.74) is 1.54. The first-order valence-electron chi connectivity index (χ1n) is 8.82. The molecule has 0 radical (unpaired) electrons. The highest BCUT2D eigenvalue weighted by Crippen LogP contribution is 2.47. The second-order valence-corrected chi connectivity index (χ2v) is 9.30. The summed E-state index contributed by atoms with van der Waals surface area (Å²) in [4.78, 5) is 11.7. The molecule has 1 amide bonds. The summed E-state index contributed by atoms with van der Waals surface area (Å²) in [5, 5.41) is 2.77. The van der Waals surface area contributed by atoms with Crippen molar-refractivity contribution in [1.82, 2.24) is 4.31 Å². The SMILES string of the molecule is C[C@H]1C[C@@H]1c1ccc(CN(C)S(=O)(=O)c2ccc3c(c2)CCC(=O)N3)o1. The number of furan rings is 1. The molecule has 4 rings (SSSR count). The van der Waals surface area contributed by atoms with Crippen molar-refractivity contribution >= 4 is 21.6 Å². The van der Waals surface area contributed by atoms with Crippen LogP contribution in [0.2, 0.25) is 0 Å². The molecule has 1 saturated carbocycles. The highest BCUT2D eigenvalue weighted by molar-refractivity contribution is 7.89. The van der Waals surface area contributed by atoms with Gasteiger partial charge in [-0.25, -0.2) is 8.42 Å². The summed E-state index contributed by atoms with van der Waals surface area (Å²) in [6, 6.07) is 8.66. The third kappa shape index (κ3) is 3.17. The third-order valence-corrected chi connectivity index (χ3v) is 7.02. The summed E-state index contributed by atoms with van der Waals surface area (Å²) < 4.78 is 32.9. The van der Waals surface area contributed by atoms with Crippen LogP contribution < -0.4 is 5.32 Å². The maximum atomic E-state index is 12.9. The average Bonchev–Trinajstić information content (AvgIpc) is 3.15. The number of rotatable bonds is 5. The fourth-order valence-corrected chi connectivity index (χ4v) is 4.59. The van der Waals surface area contributed by atoms with E-state index in [1.54, 1.807) is 19.2 Å². The number of aryl methyl sites for hydroxylation is 1. The van der Waals surface area contributed by atoms with Crippen molar-refractivity contribution in [2.75, 3.05) is 12.4 Å². The molecule has 2 atom stereocenters. The smallest absolute Gasteiger partial charge is 0.243 e. The van der Waals surface area contributed by atoms with Crippen molar-refractivity contribution in [3.05, 3.63) is 47.4 Å². The highest BCUT2D eigenvalue weighted by Gasteiger charge is 2.36. The van der Waals surface area contributed by atoms with Gasteiger partial charge in [0.05, 0.1) is 11.4 Å². The second-order valence-electron chi connectivity index (χ2n) is 7.25. The Morgan fingerprint density at radius 2 is 2.00 bits per heavy atom. The van der Waals surface area contributed by atoms with Gasteiger partial charge in [0, 0.05) is 25.1 Å². The Kier molecular flexibility index (Phi) is 4.16. The Bertz CT molecular complexity index is 964. The maximum Gasteiger partial charge on any atom is 0.243 e. The molecule has 0 unspecified atom stereocenters. The molecule has 1 aliphatic heterocycles. The second kappa shape index (κ2) is 6.25. The largest absolute Gasteiger partial charge is 0.464 e. The first kappa shape index (κ1) is 17.3. The monoisotopic (exact) mass is 374 g/mol. The maximum absolute atomic E-state index is 12.9. The van der Waals surface area contributed by atoms with E-state index in [1.165, 1.54) is 10.4 Å². The minimum absolute atomic E-state index is 0.0381. The Morgan fingerprint density at radius 3 is 2.73 bits per heavy atom. The molecular weight excluding hydrogens is 352 g/mol. The Morgan fingerprint density at radius 1 is 1.23 bits per heavy atom. The number of nitrogens with zero attached hydrogens (tertiary/aromatic N) is 1. The van der Waals surface area contributed by atoms with Crippen LogP contribution in [0.3, 0.4) is 0 Å². The third-order valence-electron chi connectivity index (χ3n) is 5.22. The fraction of sp³-hybridized carbons (Fsp3) is 0.421. The van der Waals surface area contributed by atoms with Gasteiger partial charge in [-0.05, 0) is 54.7 Å². The van der Waals surface area contributed by atoms with Crippen LogP contribution in [0.5, 0.6) is 0 Å². The van der Waals surface area contributed by atoms with E-state index in [9.17, 15) is 13.2 Å². The van der Waals surface area contributed by atoms with Gasteiger partial charge in [-0.2, -0.15) is 4.31 Å². The van der Waals surface area contributed by atoms with Gasteiger partial charge in [0.15, 0.2) is 0 Å².